The summed E-state index contributed by atoms with van der Waals surface area (Å²) >= 11 is 0. The van der Waals surface area contributed by atoms with Crippen molar-refractivity contribution < 1.29 is 32.9 Å². The first kappa shape index (κ1) is 73.7. The number of amides is 1. The van der Waals surface area contributed by atoms with Crippen molar-refractivity contribution in [1.29, 1.82) is 0 Å². The van der Waals surface area contributed by atoms with Crippen molar-refractivity contribution in [3.8, 4) is 0 Å². The monoisotopic (exact) mass is 1080 g/mol. The van der Waals surface area contributed by atoms with E-state index < -0.39 is 20.0 Å². The number of phosphoric ester groups is 1. The Kier molecular flexibility index (Phi) is 55.6. The maximum absolute atomic E-state index is 13.0. The Hall–Kier alpha value is -2.32. The number of aliphatic hydroxyl groups excluding tert-OH is 1. The van der Waals surface area contributed by atoms with Crippen LogP contribution in [0.1, 0.15) is 284 Å². The fourth-order valence-electron chi connectivity index (χ4n) is 9.17. The number of quaternary nitrogens is 1. The third-order valence-corrected chi connectivity index (χ3v) is 15.1. The molecule has 3 unspecified atom stereocenters. The number of aliphatic hydroxyl groups is 1. The number of nitrogens with one attached hydrogen (secondary N) is 1. The molecule has 0 rings (SSSR count). The molecule has 0 aromatic carbocycles. The number of nitrogens with zero attached hydrogens (tertiary/aromatic N) is 1. The summed E-state index contributed by atoms with van der Waals surface area (Å²) in [5, 5.41) is 14.0. The Morgan fingerprint density at radius 1 is 0.461 bits per heavy atom. The van der Waals surface area contributed by atoms with E-state index in [4.69, 9.17) is 9.05 Å². The van der Waals surface area contributed by atoms with Crippen LogP contribution in [-0.4, -0.2) is 73.4 Å². The molecule has 0 heterocycles. The fourth-order valence-corrected chi connectivity index (χ4v) is 9.90. The lowest BCUT2D eigenvalue weighted by Gasteiger charge is -2.25. The molecule has 8 nitrogen and oxygen atoms in total. The van der Waals surface area contributed by atoms with Gasteiger partial charge in [0.25, 0.3) is 0 Å². The van der Waals surface area contributed by atoms with Gasteiger partial charge < -0.3 is 19.8 Å². The van der Waals surface area contributed by atoms with E-state index in [1.165, 1.54) is 186 Å². The first-order valence-corrected chi connectivity index (χ1v) is 33.5. The van der Waals surface area contributed by atoms with E-state index in [2.05, 4.69) is 92.1 Å². The molecule has 0 aromatic rings. The van der Waals surface area contributed by atoms with Gasteiger partial charge in [-0.2, -0.15) is 0 Å². The summed E-state index contributed by atoms with van der Waals surface area (Å²) in [4.78, 5) is 23.4. The van der Waals surface area contributed by atoms with Crippen molar-refractivity contribution >= 4 is 13.7 Å². The number of hydrogen-bond donors (Lipinski definition) is 3. The maximum Gasteiger partial charge on any atom is 0.472 e. The highest BCUT2D eigenvalue weighted by Gasteiger charge is 2.27. The lowest BCUT2D eigenvalue weighted by Crippen LogP contribution is -2.45. The molecule has 0 radical (unpaired) electrons. The van der Waals surface area contributed by atoms with Gasteiger partial charge in [-0.1, -0.05) is 292 Å². The molecule has 0 spiro atoms. The Labute approximate surface area is 471 Å². The van der Waals surface area contributed by atoms with E-state index in [1.54, 1.807) is 6.08 Å². The zero-order chi connectivity index (χ0) is 55.6. The predicted molar refractivity (Wildman–Crippen MR) is 332 cm³/mol. The molecule has 9 heteroatoms. The Morgan fingerprint density at radius 3 is 1.16 bits per heavy atom. The number of carbonyl (C=O) groups is 1. The first-order chi connectivity index (χ1) is 37.0. The number of hydrogen-bond acceptors (Lipinski definition) is 5. The minimum absolute atomic E-state index is 0.0586. The van der Waals surface area contributed by atoms with Crippen LogP contribution in [0.25, 0.3) is 0 Å². The molecule has 0 aromatic heterocycles. The summed E-state index contributed by atoms with van der Waals surface area (Å²) in [6.45, 7) is 4.73. The fraction of sp³-hybridized carbons (Fsp3) is 0.776. The third-order valence-electron chi connectivity index (χ3n) is 14.1. The van der Waals surface area contributed by atoms with E-state index in [9.17, 15) is 19.4 Å². The van der Waals surface area contributed by atoms with Gasteiger partial charge in [0.1, 0.15) is 13.2 Å². The molecule has 0 saturated heterocycles. The maximum atomic E-state index is 13.0. The summed E-state index contributed by atoms with van der Waals surface area (Å²) in [6, 6.07) is -0.853. The van der Waals surface area contributed by atoms with Gasteiger partial charge in [-0.15, -0.1) is 0 Å². The van der Waals surface area contributed by atoms with Gasteiger partial charge in [0.2, 0.25) is 5.91 Å². The molecule has 0 aliphatic carbocycles. The summed E-state index contributed by atoms with van der Waals surface area (Å²) in [5.41, 5.74) is 0. The van der Waals surface area contributed by atoms with E-state index in [0.29, 0.717) is 17.4 Å². The van der Waals surface area contributed by atoms with Crippen LogP contribution in [0.3, 0.4) is 0 Å². The molecule has 3 atom stereocenters. The van der Waals surface area contributed by atoms with Gasteiger partial charge in [-0.25, -0.2) is 4.57 Å². The van der Waals surface area contributed by atoms with Crippen molar-refractivity contribution in [2.45, 2.75) is 296 Å². The smallest absolute Gasteiger partial charge is 0.387 e. The normalized spacial score (nSPS) is 14.4. The minimum Gasteiger partial charge on any atom is -0.387 e. The molecule has 76 heavy (non-hydrogen) atoms. The quantitative estimate of drug-likeness (QED) is 0.0243. The van der Waals surface area contributed by atoms with Crippen LogP contribution >= 0.6 is 7.82 Å². The van der Waals surface area contributed by atoms with Gasteiger partial charge >= 0.3 is 7.82 Å². The number of phosphoric acid groups is 1. The van der Waals surface area contributed by atoms with Gasteiger partial charge in [0.15, 0.2) is 0 Å². The molecule has 442 valence electrons. The van der Waals surface area contributed by atoms with Crippen LogP contribution in [0.5, 0.6) is 0 Å². The second kappa shape index (κ2) is 57.4. The zero-order valence-electron chi connectivity index (χ0n) is 50.5. The minimum atomic E-state index is -4.36. The highest BCUT2D eigenvalue weighted by molar-refractivity contribution is 7.47. The molecule has 0 bridgehead atoms. The van der Waals surface area contributed by atoms with Crippen LogP contribution < -0.4 is 5.32 Å². The molecule has 0 aliphatic rings. The second-order valence-corrected chi connectivity index (χ2v) is 24.2. The average molecular weight is 1080 g/mol. The summed E-state index contributed by atoms with van der Waals surface area (Å²) in [5.74, 6) is -0.179. The number of likely N-dealkylation sites (N-methyl/N-ethyl adjacent to an activating group) is 1. The molecular formula is C67H124N2O6P+. The van der Waals surface area contributed by atoms with Gasteiger partial charge in [0, 0.05) is 6.42 Å². The van der Waals surface area contributed by atoms with Crippen molar-refractivity contribution in [2.75, 3.05) is 40.9 Å². The van der Waals surface area contributed by atoms with Crippen molar-refractivity contribution in [1.82, 2.24) is 5.32 Å². The van der Waals surface area contributed by atoms with Crippen LogP contribution in [-0.2, 0) is 18.4 Å². The van der Waals surface area contributed by atoms with Gasteiger partial charge in [0.05, 0.1) is 39.9 Å². The average Bonchev–Trinajstić information content (AvgIpc) is 3.38. The second-order valence-electron chi connectivity index (χ2n) is 22.8. The van der Waals surface area contributed by atoms with Gasteiger partial charge in [-0.3, -0.25) is 13.8 Å². The zero-order valence-corrected chi connectivity index (χ0v) is 51.4. The Balaban J connectivity index is 4.15. The van der Waals surface area contributed by atoms with E-state index >= 15 is 0 Å². The van der Waals surface area contributed by atoms with Crippen LogP contribution in [0, 0.1) is 0 Å². The highest BCUT2D eigenvalue weighted by Crippen LogP contribution is 2.43. The van der Waals surface area contributed by atoms with Crippen molar-refractivity contribution in [3.63, 3.8) is 0 Å². The molecule has 0 aliphatic heterocycles. The van der Waals surface area contributed by atoms with Gasteiger partial charge in [-0.05, 0) is 70.6 Å². The molecule has 0 fully saturated rings. The van der Waals surface area contributed by atoms with Crippen molar-refractivity contribution in [3.05, 3.63) is 85.1 Å². The van der Waals surface area contributed by atoms with Crippen LogP contribution in [0.15, 0.2) is 85.1 Å². The van der Waals surface area contributed by atoms with E-state index in [0.717, 1.165) is 77.0 Å². The number of unbranched alkanes of at least 4 members (excludes halogenated alkanes) is 33. The predicted octanol–water partition coefficient (Wildman–Crippen LogP) is 20.0. The van der Waals surface area contributed by atoms with Crippen molar-refractivity contribution in [2.24, 2.45) is 0 Å². The molecule has 1 amide bonds. The highest BCUT2D eigenvalue weighted by atomic mass is 31.2. The largest absolute Gasteiger partial charge is 0.472 e. The molecule has 0 saturated carbocycles. The number of rotatable bonds is 58. The Morgan fingerprint density at radius 2 is 0.789 bits per heavy atom. The topological polar surface area (TPSA) is 105 Å². The first-order valence-electron chi connectivity index (χ1n) is 32.0. The summed E-state index contributed by atoms with van der Waals surface area (Å²) in [6.07, 6.45) is 81.2. The van der Waals surface area contributed by atoms with E-state index in [1.807, 2.05) is 27.2 Å². The summed E-state index contributed by atoms with van der Waals surface area (Å²) in [7, 11) is 1.57. The SMILES string of the molecule is CC/C=C\C/C=C\C/C=C\C/C=C\C/C=C\C/C=C\CCCCCCCCCCCCCCC(=O)NC(COP(=O)(O)OCC[N+](C)(C)C)C(O)/C=C/CCCCCCCCCCCCCCCCCCCCCCC. The summed E-state index contributed by atoms with van der Waals surface area (Å²) < 4.78 is 23.8. The molecular weight excluding hydrogens is 960 g/mol. The standard InChI is InChI=1S/C67H123N2O6P/c1-6-8-10-12-14-16-18-20-22-24-26-28-30-31-32-33-34-35-36-37-39-41-43-45-47-49-51-53-55-57-59-61-67(71)68-65(64-75-76(72,73)74-63-62-69(3,4)5)66(70)60-58-56-54-52-50-48-46-44-42-40-38-29-27-25-23-21-19-17-15-13-11-9-7-2/h8,10,14,16,20,22,26,28,31-32,34-35,58,60,65-66,70H,6-7,9,11-13,15,17-19,21,23-25,27,29-30,33,36-57,59,61-64H2,1-5H3,(H-,68,71,72,73)/p+1/b10-8-,16-14-,22-20-,28-26-,32-31-,35-34-,60-58+. The lowest BCUT2D eigenvalue weighted by atomic mass is 10.0. The number of allylic oxidation sites excluding steroid dienone is 13. The van der Waals surface area contributed by atoms with E-state index in [-0.39, 0.29) is 19.1 Å². The third kappa shape index (κ3) is 59.3. The lowest BCUT2D eigenvalue weighted by molar-refractivity contribution is -0.870. The number of carbonyl (C=O) groups excluding carboxylic acids is 1. The van der Waals surface area contributed by atoms with Crippen LogP contribution in [0.4, 0.5) is 0 Å². The Bertz CT molecular complexity index is 1510. The van der Waals surface area contributed by atoms with Crippen LogP contribution in [0.2, 0.25) is 0 Å². The molecule has 3 N–H and O–H groups in total.